The average Bonchev–Trinajstić information content (AvgIpc) is 2.25. The van der Waals surface area contributed by atoms with Gasteiger partial charge in [0, 0.05) is 11.3 Å². The van der Waals surface area contributed by atoms with Gasteiger partial charge in [-0.05, 0) is 12.1 Å². The normalized spacial score (nSPS) is 16.3. The summed E-state index contributed by atoms with van der Waals surface area (Å²) in [6.45, 7) is 0. The Morgan fingerprint density at radius 1 is 0.900 bits per heavy atom. The molecular weight excluding hydrogens is 305 g/mol. The lowest BCUT2D eigenvalue weighted by Crippen LogP contribution is -2.44. The number of nitrogens with two attached hydrogens (primary N) is 1. The molecule has 0 bridgehead atoms. The largest absolute Gasteiger partial charge is 0.432 e. The van der Waals surface area contributed by atoms with Gasteiger partial charge in [-0.3, -0.25) is 0 Å². The summed E-state index contributed by atoms with van der Waals surface area (Å²) in [4.78, 5) is 0. The molecule has 0 aromatic heterocycles. The number of halogens is 9. The van der Waals surface area contributed by atoms with Gasteiger partial charge in [0.2, 0.25) is 0 Å². The van der Waals surface area contributed by atoms with E-state index in [1.807, 2.05) is 0 Å². The van der Waals surface area contributed by atoms with Crippen LogP contribution in [0.3, 0.4) is 0 Å². The van der Waals surface area contributed by atoms with Crippen LogP contribution in [0.4, 0.5) is 45.2 Å². The molecule has 1 aromatic carbocycles. The van der Waals surface area contributed by atoms with Gasteiger partial charge < -0.3 is 5.73 Å². The van der Waals surface area contributed by atoms with Gasteiger partial charge in [-0.25, -0.2) is 13.2 Å². The van der Waals surface area contributed by atoms with Crippen LogP contribution in [0.1, 0.15) is 11.1 Å². The first-order valence-corrected chi connectivity index (χ1v) is 4.82. The zero-order chi connectivity index (χ0) is 15.9. The molecule has 0 aliphatic heterocycles. The Labute approximate surface area is 106 Å². The zero-order valence-electron chi connectivity index (χ0n) is 9.29. The highest BCUT2D eigenvalue weighted by Gasteiger charge is 2.64. The Morgan fingerprint density at radius 2 is 1.40 bits per heavy atom. The number of anilines is 1. The summed E-state index contributed by atoms with van der Waals surface area (Å²) in [6.07, 6.45) is -15.9. The summed E-state index contributed by atoms with van der Waals surface area (Å²) in [5.41, 5.74) is -4.99. The molecule has 0 saturated carbocycles. The first kappa shape index (κ1) is 16.4. The lowest BCUT2D eigenvalue weighted by Gasteiger charge is -2.28. The predicted molar refractivity (Wildman–Crippen MR) is 50.7 cm³/mol. The van der Waals surface area contributed by atoms with Crippen LogP contribution in [0.15, 0.2) is 18.2 Å². The molecule has 1 unspecified atom stereocenters. The standard InChI is InChI=1S/C10H6F9N/c11-7(12)8(13,10(17,18)19)4-1-2-6(20)5(3-4)9(14,15)16/h1-3,7H,20H2. The van der Waals surface area contributed by atoms with E-state index in [9.17, 15) is 39.5 Å². The van der Waals surface area contributed by atoms with Gasteiger partial charge in [-0.2, -0.15) is 26.3 Å². The van der Waals surface area contributed by atoms with E-state index in [4.69, 9.17) is 5.73 Å². The molecular formula is C10H6F9N. The van der Waals surface area contributed by atoms with Gasteiger partial charge in [0.05, 0.1) is 5.56 Å². The third-order valence-corrected chi connectivity index (χ3v) is 2.49. The molecule has 20 heavy (non-hydrogen) atoms. The minimum Gasteiger partial charge on any atom is -0.398 e. The number of hydrogen-bond donors (Lipinski definition) is 1. The fourth-order valence-corrected chi connectivity index (χ4v) is 1.44. The number of hydrogen-bond acceptors (Lipinski definition) is 1. The third kappa shape index (κ3) is 2.63. The lowest BCUT2D eigenvalue weighted by molar-refractivity contribution is -0.274. The van der Waals surface area contributed by atoms with Gasteiger partial charge in [0.25, 0.3) is 12.1 Å². The molecule has 1 atom stereocenters. The van der Waals surface area contributed by atoms with Crippen LogP contribution in [-0.2, 0) is 11.8 Å². The molecule has 0 amide bonds. The van der Waals surface area contributed by atoms with Crippen molar-refractivity contribution < 1.29 is 39.5 Å². The Morgan fingerprint density at radius 3 is 1.75 bits per heavy atom. The van der Waals surface area contributed by atoms with E-state index >= 15 is 0 Å². The maximum Gasteiger partial charge on any atom is 0.432 e. The smallest absolute Gasteiger partial charge is 0.398 e. The van der Waals surface area contributed by atoms with Crippen molar-refractivity contribution in [3.05, 3.63) is 29.3 Å². The van der Waals surface area contributed by atoms with Crippen LogP contribution < -0.4 is 5.73 Å². The topological polar surface area (TPSA) is 26.0 Å². The molecule has 114 valence electrons. The van der Waals surface area contributed by atoms with Crippen LogP contribution in [0.2, 0.25) is 0 Å². The summed E-state index contributed by atoms with van der Waals surface area (Å²) in [6, 6.07) is 0.0693. The van der Waals surface area contributed by atoms with E-state index in [1.165, 1.54) is 0 Å². The van der Waals surface area contributed by atoms with Crippen LogP contribution in [-0.4, -0.2) is 12.6 Å². The summed E-state index contributed by atoms with van der Waals surface area (Å²) in [5, 5.41) is 0. The maximum absolute atomic E-state index is 13.6. The van der Waals surface area contributed by atoms with Crippen LogP contribution in [0.5, 0.6) is 0 Å². The molecule has 0 radical (unpaired) electrons. The molecule has 2 N–H and O–H groups in total. The molecule has 1 aromatic rings. The zero-order valence-corrected chi connectivity index (χ0v) is 9.29. The quantitative estimate of drug-likeness (QED) is 0.640. The van der Waals surface area contributed by atoms with Crippen molar-refractivity contribution in [2.24, 2.45) is 0 Å². The van der Waals surface area contributed by atoms with Gasteiger partial charge in [-0.1, -0.05) is 6.07 Å². The predicted octanol–water partition coefficient (Wildman–Crippen LogP) is 4.28. The summed E-state index contributed by atoms with van der Waals surface area (Å²) < 4.78 is 113. The monoisotopic (exact) mass is 311 g/mol. The molecule has 0 spiro atoms. The Balaban J connectivity index is 3.53. The second kappa shape index (κ2) is 4.74. The maximum atomic E-state index is 13.6. The van der Waals surface area contributed by atoms with Gasteiger partial charge in [-0.15, -0.1) is 0 Å². The third-order valence-electron chi connectivity index (χ3n) is 2.49. The van der Waals surface area contributed by atoms with E-state index in [0.29, 0.717) is 6.07 Å². The number of alkyl halides is 9. The van der Waals surface area contributed by atoms with Crippen molar-refractivity contribution in [1.29, 1.82) is 0 Å². The lowest BCUT2D eigenvalue weighted by atomic mass is 9.93. The Hall–Kier alpha value is -1.61. The fraction of sp³-hybridized carbons (Fsp3) is 0.400. The van der Waals surface area contributed by atoms with E-state index in [1.54, 1.807) is 0 Å². The first-order chi connectivity index (χ1) is 8.81. The molecule has 1 rings (SSSR count). The molecule has 1 nitrogen and oxygen atoms in total. The average molecular weight is 311 g/mol. The second-order valence-corrected chi connectivity index (χ2v) is 3.81. The highest BCUT2D eigenvalue weighted by atomic mass is 19.4. The van der Waals surface area contributed by atoms with Crippen molar-refractivity contribution in [2.75, 3.05) is 5.73 Å². The Kier molecular flexibility index (Phi) is 3.90. The molecule has 0 aliphatic rings. The van der Waals surface area contributed by atoms with Gasteiger partial charge in [0.15, 0.2) is 0 Å². The van der Waals surface area contributed by atoms with Crippen LogP contribution in [0.25, 0.3) is 0 Å². The van der Waals surface area contributed by atoms with Crippen molar-refractivity contribution in [2.45, 2.75) is 24.4 Å². The van der Waals surface area contributed by atoms with Crippen LogP contribution in [0, 0.1) is 0 Å². The molecule has 0 saturated heterocycles. The first-order valence-electron chi connectivity index (χ1n) is 4.82. The molecule has 10 heteroatoms. The summed E-state index contributed by atoms with van der Waals surface area (Å²) >= 11 is 0. The summed E-state index contributed by atoms with van der Waals surface area (Å²) in [7, 11) is 0. The minimum atomic E-state index is -6.08. The Bertz CT molecular complexity index is 490. The summed E-state index contributed by atoms with van der Waals surface area (Å²) in [5.74, 6) is 0. The van der Waals surface area contributed by atoms with E-state index in [-0.39, 0.29) is 12.1 Å². The second-order valence-electron chi connectivity index (χ2n) is 3.81. The highest BCUT2D eigenvalue weighted by Crippen LogP contribution is 2.48. The van der Waals surface area contributed by atoms with Crippen molar-refractivity contribution in [3.8, 4) is 0 Å². The van der Waals surface area contributed by atoms with Crippen molar-refractivity contribution in [1.82, 2.24) is 0 Å². The van der Waals surface area contributed by atoms with Gasteiger partial charge in [0.1, 0.15) is 0 Å². The SMILES string of the molecule is Nc1ccc(C(F)(C(F)F)C(F)(F)F)cc1C(F)(F)F. The van der Waals surface area contributed by atoms with Crippen molar-refractivity contribution in [3.63, 3.8) is 0 Å². The number of nitrogen functional groups attached to an aromatic ring is 1. The fourth-order valence-electron chi connectivity index (χ4n) is 1.44. The van der Waals surface area contributed by atoms with Crippen molar-refractivity contribution >= 4 is 5.69 Å². The molecule has 0 aliphatic carbocycles. The van der Waals surface area contributed by atoms with Crippen LogP contribution >= 0.6 is 0 Å². The van der Waals surface area contributed by atoms with E-state index in [0.717, 1.165) is 0 Å². The minimum absolute atomic E-state index is 0.143. The van der Waals surface area contributed by atoms with Gasteiger partial charge >= 0.3 is 12.4 Å². The molecule has 0 fully saturated rings. The molecule has 0 heterocycles. The van der Waals surface area contributed by atoms with E-state index < -0.39 is 41.3 Å². The van der Waals surface area contributed by atoms with E-state index in [2.05, 4.69) is 0 Å². The number of rotatable bonds is 2. The highest BCUT2D eigenvalue weighted by molar-refractivity contribution is 5.51. The number of benzene rings is 1.